The number of hydrogen-bond acceptors (Lipinski definition) is 8. The summed E-state index contributed by atoms with van der Waals surface area (Å²) in [4.78, 5) is 16.7. The maximum atomic E-state index is 13.9. The first-order chi connectivity index (χ1) is 21.0. The van der Waals surface area contributed by atoms with Crippen LogP contribution in [0.25, 0.3) is 5.65 Å². The third kappa shape index (κ3) is 5.12. The Balaban J connectivity index is 1.46. The van der Waals surface area contributed by atoms with Crippen molar-refractivity contribution in [3.05, 3.63) is 82.4 Å². The maximum Gasteiger partial charge on any atom is 0.452 e. The number of carboxylic acid groups (broad SMARTS) is 1. The molecule has 6 rings (SSSR count). The van der Waals surface area contributed by atoms with Gasteiger partial charge in [0.25, 0.3) is 0 Å². The molecule has 15 heteroatoms. The number of alkyl halides is 3. The minimum Gasteiger partial charge on any atom is -0.481 e. The van der Waals surface area contributed by atoms with Crippen molar-refractivity contribution in [2.45, 2.75) is 56.8 Å². The molecule has 0 amide bonds. The van der Waals surface area contributed by atoms with Gasteiger partial charge in [-0.2, -0.15) is 17.5 Å². The van der Waals surface area contributed by atoms with Gasteiger partial charge >= 0.3 is 12.1 Å². The highest BCUT2D eigenvalue weighted by molar-refractivity contribution is 7.89. The Morgan fingerprint density at radius 1 is 1.13 bits per heavy atom. The Morgan fingerprint density at radius 3 is 2.51 bits per heavy atom. The van der Waals surface area contributed by atoms with Gasteiger partial charge in [-0.1, -0.05) is 18.2 Å². The zero-order valence-electron chi connectivity index (χ0n) is 24.8. The summed E-state index contributed by atoms with van der Waals surface area (Å²) in [7, 11) is -4.06. The van der Waals surface area contributed by atoms with Crippen LogP contribution in [0, 0.1) is 19.3 Å². The lowest BCUT2D eigenvalue weighted by atomic mass is 9.70. The fourth-order valence-corrected chi connectivity index (χ4v) is 7.55. The van der Waals surface area contributed by atoms with E-state index < -0.39 is 44.9 Å². The predicted molar refractivity (Wildman–Crippen MR) is 153 cm³/mol. The molecule has 1 aromatic carbocycles. The Hall–Kier alpha value is -4.08. The summed E-state index contributed by atoms with van der Waals surface area (Å²) in [5.74, 6) is -3.17. The van der Waals surface area contributed by atoms with Gasteiger partial charge in [0.05, 0.1) is 25.2 Å². The van der Waals surface area contributed by atoms with Gasteiger partial charge in [0, 0.05) is 24.9 Å². The average Bonchev–Trinajstić information content (AvgIpc) is 3.36. The van der Waals surface area contributed by atoms with E-state index in [4.69, 9.17) is 9.47 Å². The van der Waals surface area contributed by atoms with Gasteiger partial charge < -0.3 is 14.6 Å². The zero-order valence-corrected chi connectivity index (χ0v) is 25.6. The normalized spacial score (nSPS) is 18.6. The lowest BCUT2D eigenvalue weighted by Crippen LogP contribution is -2.60. The molecule has 45 heavy (non-hydrogen) atoms. The van der Waals surface area contributed by atoms with Gasteiger partial charge in [-0.3, -0.25) is 9.20 Å². The molecule has 3 aromatic heterocycles. The second kappa shape index (κ2) is 10.5. The molecular formula is C30H30F3N5O6S. The predicted octanol–water partition coefficient (Wildman–Crippen LogP) is 4.35. The van der Waals surface area contributed by atoms with Crippen LogP contribution in [-0.2, 0) is 32.3 Å². The molecule has 0 bridgehead atoms. The highest BCUT2D eigenvalue weighted by Gasteiger charge is 2.49. The molecule has 1 N–H and O–H groups in total. The van der Waals surface area contributed by atoms with E-state index in [9.17, 15) is 31.5 Å². The minimum atomic E-state index is -4.74. The molecule has 11 nitrogen and oxygen atoms in total. The first-order valence-electron chi connectivity index (χ1n) is 14.0. The summed E-state index contributed by atoms with van der Waals surface area (Å²) in [5, 5.41) is 17.4. The topological polar surface area (TPSA) is 136 Å². The van der Waals surface area contributed by atoms with E-state index in [1.165, 1.54) is 48.7 Å². The Bertz CT molecular complexity index is 1940. The van der Waals surface area contributed by atoms with Crippen molar-refractivity contribution in [2.75, 3.05) is 19.8 Å². The molecule has 0 aliphatic carbocycles. The van der Waals surface area contributed by atoms with Crippen molar-refractivity contribution in [3.63, 3.8) is 0 Å². The molecule has 1 spiro atoms. The number of aromatic nitrogens is 4. The maximum absolute atomic E-state index is 13.9. The van der Waals surface area contributed by atoms with Crippen molar-refractivity contribution in [3.8, 4) is 5.88 Å². The van der Waals surface area contributed by atoms with Gasteiger partial charge in [-0.05, 0) is 73.7 Å². The Morgan fingerprint density at radius 2 is 1.87 bits per heavy atom. The second-order valence-corrected chi connectivity index (χ2v) is 14.0. The lowest BCUT2D eigenvalue weighted by Gasteiger charge is -2.41. The zero-order chi connectivity index (χ0) is 32.5. The van der Waals surface area contributed by atoms with Crippen LogP contribution in [-0.4, -0.2) is 68.7 Å². The van der Waals surface area contributed by atoms with Crippen LogP contribution in [0.2, 0.25) is 0 Å². The summed E-state index contributed by atoms with van der Waals surface area (Å²) < 4.78 is 82.0. The minimum absolute atomic E-state index is 0.00358. The fraction of sp³-hybridized carbons (Fsp3) is 0.400. The van der Waals surface area contributed by atoms with E-state index in [1.807, 2.05) is 6.92 Å². The number of fused-ring (bicyclic) bond motifs is 2. The van der Waals surface area contributed by atoms with Gasteiger partial charge in [0.2, 0.25) is 21.7 Å². The highest BCUT2D eigenvalue weighted by Crippen LogP contribution is 2.44. The first-order valence-corrected chi connectivity index (χ1v) is 15.5. The summed E-state index contributed by atoms with van der Waals surface area (Å²) >= 11 is 0. The van der Waals surface area contributed by atoms with Crippen LogP contribution >= 0.6 is 0 Å². The van der Waals surface area contributed by atoms with Crippen LogP contribution in [0.4, 0.5) is 13.2 Å². The molecule has 0 radical (unpaired) electrons. The molecule has 1 fully saturated rings. The molecule has 238 valence electrons. The molecule has 5 heterocycles. The number of aliphatic carboxylic acids is 1. The Labute approximate surface area is 256 Å². The number of hydrogen-bond donors (Lipinski definition) is 1. The van der Waals surface area contributed by atoms with Crippen molar-refractivity contribution in [2.24, 2.45) is 5.41 Å². The molecule has 4 aromatic rings. The SMILES string of the molecule is Cc1ccc(C(c2ccn3c(C(F)(F)F)nnc3c2C)C(C)(C)C(=O)O)cc1CN1CC2(COC2)Oc2ncccc2S1(=O)=O. The van der Waals surface area contributed by atoms with E-state index in [2.05, 4.69) is 15.2 Å². The van der Waals surface area contributed by atoms with Crippen LogP contribution in [0.15, 0.2) is 53.7 Å². The van der Waals surface area contributed by atoms with E-state index in [-0.39, 0.29) is 42.7 Å². The van der Waals surface area contributed by atoms with Crippen LogP contribution in [0.3, 0.4) is 0 Å². The Kier molecular flexibility index (Phi) is 7.21. The molecular weight excluding hydrogens is 615 g/mol. The van der Waals surface area contributed by atoms with Crippen LogP contribution in [0.1, 0.15) is 53.4 Å². The third-order valence-electron chi connectivity index (χ3n) is 8.62. The number of rotatable bonds is 6. The van der Waals surface area contributed by atoms with Crippen molar-refractivity contribution < 1.29 is 41.0 Å². The highest BCUT2D eigenvalue weighted by atomic mass is 32.2. The number of benzene rings is 1. The number of nitrogens with zero attached hydrogens (tertiary/aromatic N) is 5. The largest absolute Gasteiger partial charge is 0.481 e. The van der Waals surface area contributed by atoms with Crippen LogP contribution < -0.4 is 4.74 Å². The lowest BCUT2D eigenvalue weighted by molar-refractivity contribution is -0.166. The summed E-state index contributed by atoms with van der Waals surface area (Å²) in [6, 6.07) is 9.70. The molecule has 0 saturated carbocycles. The van der Waals surface area contributed by atoms with Crippen molar-refractivity contribution in [1.82, 2.24) is 23.9 Å². The quantitative estimate of drug-likeness (QED) is 0.325. The molecule has 2 aliphatic heterocycles. The van der Waals surface area contributed by atoms with E-state index in [1.54, 1.807) is 25.1 Å². The summed E-state index contributed by atoms with van der Waals surface area (Å²) in [6.07, 6.45) is -2.09. The molecule has 1 atom stereocenters. The number of carbonyl (C=O) groups is 1. The van der Waals surface area contributed by atoms with Crippen molar-refractivity contribution in [1.29, 1.82) is 0 Å². The van der Waals surface area contributed by atoms with E-state index >= 15 is 0 Å². The number of pyridine rings is 2. The number of halogens is 3. The number of ether oxygens (including phenoxy) is 2. The number of carboxylic acids is 1. The van der Waals surface area contributed by atoms with Gasteiger partial charge in [-0.15, -0.1) is 10.2 Å². The number of sulfonamides is 1. The van der Waals surface area contributed by atoms with Crippen molar-refractivity contribution >= 4 is 21.6 Å². The van der Waals surface area contributed by atoms with Gasteiger partial charge in [0.1, 0.15) is 4.90 Å². The van der Waals surface area contributed by atoms with Gasteiger partial charge in [-0.25, -0.2) is 13.4 Å². The average molecular weight is 646 g/mol. The summed E-state index contributed by atoms with van der Waals surface area (Å²) in [6.45, 7) is 6.79. The smallest absolute Gasteiger partial charge is 0.452 e. The fourth-order valence-electron chi connectivity index (χ4n) is 6.00. The van der Waals surface area contributed by atoms with Crippen LogP contribution in [0.5, 0.6) is 5.88 Å². The van der Waals surface area contributed by atoms with E-state index in [0.29, 0.717) is 22.3 Å². The molecule has 2 aliphatic rings. The van der Waals surface area contributed by atoms with Gasteiger partial charge in [0.15, 0.2) is 11.2 Å². The second-order valence-electron chi connectivity index (χ2n) is 12.1. The monoisotopic (exact) mass is 645 g/mol. The molecule has 1 unspecified atom stereocenters. The standard InChI is InChI=1S/C30H30F3N5O6S/c1-17-7-8-19(12-20(17)13-37-14-29(15-43-16-29)44-25-22(45(37,41)42)6-5-10-34-25)23(28(3,4)27(39)40)21-9-11-38-24(18(21)2)35-36-26(38)30(31,32)33/h5-12,23H,13-16H2,1-4H3,(H,39,40). The third-order valence-corrected chi connectivity index (χ3v) is 10.4. The molecule has 1 saturated heterocycles. The van der Waals surface area contributed by atoms with E-state index in [0.717, 1.165) is 9.96 Å². The summed E-state index contributed by atoms with van der Waals surface area (Å²) in [5.41, 5.74) is 0.306. The number of aryl methyl sites for hydroxylation is 2. The first kappa shape index (κ1) is 30.9.